The molecule has 0 heterocycles. The van der Waals surface area contributed by atoms with Crippen LogP contribution in [0.3, 0.4) is 0 Å². The van der Waals surface area contributed by atoms with Gasteiger partial charge < -0.3 is 0 Å². The zero-order valence-corrected chi connectivity index (χ0v) is 7.53. The first-order valence-corrected chi connectivity index (χ1v) is 4.85. The molecule has 2 N–H and O–H groups in total. The molecule has 1 aromatic rings. The van der Waals surface area contributed by atoms with E-state index < -0.39 is 11.0 Å². The predicted molar refractivity (Wildman–Crippen MR) is 47.2 cm³/mol. The van der Waals surface area contributed by atoms with Crippen molar-refractivity contribution in [1.82, 2.24) is 0 Å². The van der Waals surface area contributed by atoms with E-state index in [9.17, 15) is 8.60 Å². The zero-order valence-electron chi connectivity index (χ0n) is 6.71. The van der Waals surface area contributed by atoms with Gasteiger partial charge in [0.05, 0.1) is 16.7 Å². The van der Waals surface area contributed by atoms with Gasteiger partial charge in [0.2, 0.25) is 0 Å². The van der Waals surface area contributed by atoms with Gasteiger partial charge in [-0.15, -0.1) is 0 Å². The largest absolute Gasteiger partial charge is 0.252 e. The minimum atomic E-state index is -1.47. The minimum Gasteiger partial charge on any atom is -0.252 e. The lowest BCUT2D eigenvalue weighted by Crippen LogP contribution is -2.06. The van der Waals surface area contributed by atoms with Gasteiger partial charge >= 0.3 is 0 Å². The Labute approximate surface area is 73.2 Å². The summed E-state index contributed by atoms with van der Waals surface area (Å²) in [7, 11) is -1.47. The monoisotopic (exact) mass is 187 g/mol. The van der Waals surface area contributed by atoms with Gasteiger partial charge in [0.25, 0.3) is 0 Å². The number of nitrogens with two attached hydrogens (primary N) is 1. The molecule has 12 heavy (non-hydrogen) atoms. The van der Waals surface area contributed by atoms with E-state index in [0.717, 1.165) is 5.56 Å². The highest BCUT2D eigenvalue weighted by molar-refractivity contribution is 7.81. The van der Waals surface area contributed by atoms with E-state index in [0.29, 0.717) is 5.56 Å². The van der Waals surface area contributed by atoms with Gasteiger partial charge in [0.15, 0.2) is 0 Å². The van der Waals surface area contributed by atoms with Gasteiger partial charge in [-0.3, -0.25) is 5.14 Å². The summed E-state index contributed by atoms with van der Waals surface area (Å²) in [4.78, 5) is 0. The molecule has 1 atom stereocenters. The summed E-state index contributed by atoms with van der Waals surface area (Å²) < 4.78 is 23.6. The van der Waals surface area contributed by atoms with Crippen LogP contribution in [0, 0.1) is 12.7 Å². The minimum absolute atomic E-state index is 0.0755. The van der Waals surface area contributed by atoms with Crippen LogP contribution in [0.15, 0.2) is 18.2 Å². The van der Waals surface area contributed by atoms with Gasteiger partial charge in [-0.2, -0.15) is 0 Å². The van der Waals surface area contributed by atoms with Crippen molar-refractivity contribution in [1.29, 1.82) is 0 Å². The summed E-state index contributed by atoms with van der Waals surface area (Å²) in [5.41, 5.74) is 1.25. The number of benzene rings is 1. The first kappa shape index (κ1) is 9.35. The summed E-state index contributed by atoms with van der Waals surface area (Å²) in [5.74, 6) is -0.264. The Hall–Kier alpha value is -0.740. The molecule has 0 saturated heterocycles. The molecule has 0 aliphatic heterocycles. The topological polar surface area (TPSA) is 43.1 Å². The Balaban J connectivity index is 2.93. The fourth-order valence-electron chi connectivity index (χ4n) is 0.923. The average Bonchev–Trinajstić information content (AvgIpc) is 1.94. The Morgan fingerprint density at radius 2 is 2.25 bits per heavy atom. The smallest absolute Gasteiger partial charge is 0.127 e. The number of halogens is 1. The zero-order chi connectivity index (χ0) is 9.14. The molecule has 1 unspecified atom stereocenters. The van der Waals surface area contributed by atoms with Crippen molar-refractivity contribution in [2.24, 2.45) is 5.14 Å². The number of hydrogen-bond acceptors (Lipinski definition) is 1. The van der Waals surface area contributed by atoms with E-state index in [1.807, 2.05) is 0 Å². The Morgan fingerprint density at radius 1 is 1.58 bits per heavy atom. The normalized spacial score (nSPS) is 12.9. The number of hydrogen-bond donors (Lipinski definition) is 1. The van der Waals surface area contributed by atoms with Crippen LogP contribution in [0.2, 0.25) is 0 Å². The van der Waals surface area contributed by atoms with E-state index in [-0.39, 0.29) is 11.6 Å². The molecule has 2 nitrogen and oxygen atoms in total. The van der Waals surface area contributed by atoms with Crippen molar-refractivity contribution in [2.45, 2.75) is 12.7 Å². The molecule has 0 fully saturated rings. The van der Waals surface area contributed by atoms with Crippen LogP contribution < -0.4 is 5.14 Å². The standard InChI is InChI=1S/C8H10FNOS/c1-6-2-3-7(5-12(10)11)8(9)4-6/h2-4H,5,10H2,1H3. The van der Waals surface area contributed by atoms with Crippen molar-refractivity contribution >= 4 is 11.0 Å². The Morgan fingerprint density at radius 3 is 2.75 bits per heavy atom. The van der Waals surface area contributed by atoms with Crippen LogP contribution in [-0.2, 0) is 16.7 Å². The molecule has 0 spiro atoms. The lowest BCUT2D eigenvalue weighted by molar-refractivity contribution is 0.614. The third kappa shape index (κ3) is 2.39. The maximum absolute atomic E-state index is 13.0. The number of aryl methyl sites for hydroxylation is 1. The molecule has 0 amide bonds. The molecular weight excluding hydrogens is 177 g/mol. The molecule has 66 valence electrons. The molecule has 4 heteroatoms. The molecule has 1 aromatic carbocycles. The van der Waals surface area contributed by atoms with E-state index >= 15 is 0 Å². The van der Waals surface area contributed by atoms with Crippen LogP contribution in [0.25, 0.3) is 0 Å². The number of rotatable bonds is 2. The van der Waals surface area contributed by atoms with Crippen LogP contribution in [0.4, 0.5) is 4.39 Å². The third-order valence-corrected chi connectivity index (χ3v) is 2.10. The maximum Gasteiger partial charge on any atom is 0.127 e. The lowest BCUT2D eigenvalue weighted by Gasteiger charge is -2.00. The summed E-state index contributed by atoms with van der Waals surface area (Å²) in [6.07, 6.45) is 0. The second-order valence-electron chi connectivity index (χ2n) is 2.62. The van der Waals surface area contributed by atoms with Crippen LogP contribution in [-0.4, -0.2) is 4.21 Å². The van der Waals surface area contributed by atoms with Gasteiger partial charge in [0, 0.05) is 5.56 Å². The third-order valence-electron chi connectivity index (χ3n) is 1.51. The van der Waals surface area contributed by atoms with Crippen LogP contribution >= 0.6 is 0 Å². The molecule has 0 bridgehead atoms. The van der Waals surface area contributed by atoms with Crippen LogP contribution in [0.5, 0.6) is 0 Å². The van der Waals surface area contributed by atoms with Crippen LogP contribution in [0.1, 0.15) is 11.1 Å². The molecule has 1 rings (SSSR count). The van der Waals surface area contributed by atoms with Crippen molar-refractivity contribution in [3.63, 3.8) is 0 Å². The first-order chi connectivity index (χ1) is 5.59. The Bertz CT molecular complexity index is 314. The fourth-order valence-corrected chi connectivity index (χ4v) is 1.46. The summed E-state index contributed by atoms with van der Waals surface area (Å²) in [5, 5.41) is 5.04. The SMILES string of the molecule is Cc1ccc(CS(N)=O)c(F)c1. The van der Waals surface area contributed by atoms with Gasteiger partial charge in [-0.25, -0.2) is 8.60 Å². The van der Waals surface area contributed by atoms with Crippen molar-refractivity contribution in [3.05, 3.63) is 35.1 Å². The van der Waals surface area contributed by atoms with Gasteiger partial charge in [0.1, 0.15) is 5.82 Å². The van der Waals surface area contributed by atoms with Crippen molar-refractivity contribution < 1.29 is 8.60 Å². The highest BCUT2D eigenvalue weighted by atomic mass is 32.2. The van der Waals surface area contributed by atoms with E-state index in [1.54, 1.807) is 19.1 Å². The molecule has 0 aliphatic carbocycles. The summed E-state index contributed by atoms with van der Waals surface area (Å²) in [6.45, 7) is 1.80. The average molecular weight is 187 g/mol. The molecular formula is C8H10FNOS. The molecule has 0 aromatic heterocycles. The quantitative estimate of drug-likeness (QED) is 0.744. The van der Waals surface area contributed by atoms with Gasteiger partial charge in [-0.1, -0.05) is 12.1 Å². The summed E-state index contributed by atoms with van der Waals surface area (Å²) >= 11 is 0. The fraction of sp³-hybridized carbons (Fsp3) is 0.250. The molecule has 0 aliphatic rings. The second-order valence-corrected chi connectivity index (χ2v) is 3.67. The molecule has 0 saturated carbocycles. The predicted octanol–water partition coefficient (Wildman–Crippen LogP) is 1.26. The highest BCUT2D eigenvalue weighted by Crippen LogP contribution is 2.10. The van der Waals surface area contributed by atoms with E-state index in [1.165, 1.54) is 6.07 Å². The van der Waals surface area contributed by atoms with Crippen molar-refractivity contribution in [3.8, 4) is 0 Å². The van der Waals surface area contributed by atoms with Gasteiger partial charge in [-0.05, 0) is 18.6 Å². The maximum atomic E-state index is 13.0. The Kier molecular flexibility index (Phi) is 2.94. The lowest BCUT2D eigenvalue weighted by atomic mass is 10.2. The van der Waals surface area contributed by atoms with E-state index in [2.05, 4.69) is 0 Å². The highest BCUT2D eigenvalue weighted by Gasteiger charge is 2.03. The van der Waals surface area contributed by atoms with E-state index in [4.69, 9.17) is 5.14 Å². The first-order valence-electron chi connectivity index (χ1n) is 3.47. The molecule has 0 radical (unpaired) electrons. The van der Waals surface area contributed by atoms with Crippen molar-refractivity contribution in [2.75, 3.05) is 0 Å². The summed E-state index contributed by atoms with van der Waals surface area (Å²) in [6, 6.07) is 4.78. The second kappa shape index (κ2) is 3.78.